The number of nitrogens with one attached hydrogen (secondary N) is 1. The average molecular weight is 290 g/mol. The van der Waals surface area contributed by atoms with Gasteiger partial charge >= 0.3 is 0 Å². The van der Waals surface area contributed by atoms with Gasteiger partial charge in [0.2, 0.25) is 5.91 Å². The summed E-state index contributed by atoms with van der Waals surface area (Å²) in [6.07, 6.45) is 0.261. The summed E-state index contributed by atoms with van der Waals surface area (Å²) >= 11 is 0. The third-order valence-corrected chi connectivity index (χ3v) is 3.07. The van der Waals surface area contributed by atoms with E-state index in [0.717, 1.165) is 5.76 Å². The Kier molecular flexibility index (Phi) is 4.49. The Hall–Kier alpha value is -2.47. The van der Waals surface area contributed by atoms with Crippen molar-refractivity contribution < 1.29 is 19.4 Å². The van der Waals surface area contributed by atoms with E-state index >= 15 is 0 Å². The molecule has 0 saturated carbocycles. The second-order valence-corrected chi connectivity index (χ2v) is 4.86. The Bertz CT molecular complexity index is 636. The Labute approximate surface area is 122 Å². The normalized spacial score (nSPS) is 12.1. The summed E-state index contributed by atoms with van der Waals surface area (Å²) in [7, 11) is 0. The fraction of sp³-hybridized carbons (Fsp3) is 0.267. The van der Waals surface area contributed by atoms with E-state index in [1.165, 1.54) is 12.1 Å². The predicted octanol–water partition coefficient (Wildman–Crippen LogP) is 1.19. The molecule has 5 N–H and O–H groups in total. The van der Waals surface area contributed by atoms with Crippen LogP contribution in [-0.2, 0) is 17.8 Å². The summed E-state index contributed by atoms with van der Waals surface area (Å²) in [6, 6.07) is 7.22. The SMILES string of the molecule is Cc1ccc(CNC(=O)[C@@H](N)Cc2ccc(O)c(O)c2)o1. The van der Waals surface area contributed by atoms with Crippen molar-refractivity contribution in [2.24, 2.45) is 5.73 Å². The highest BCUT2D eigenvalue weighted by Gasteiger charge is 2.15. The first-order chi connectivity index (χ1) is 9.95. The van der Waals surface area contributed by atoms with E-state index in [1.54, 1.807) is 12.1 Å². The molecule has 6 nitrogen and oxygen atoms in total. The molecule has 1 atom stereocenters. The third kappa shape index (κ3) is 4.00. The van der Waals surface area contributed by atoms with E-state index in [2.05, 4.69) is 5.32 Å². The molecule has 0 bridgehead atoms. The molecule has 1 aromatic heterocycles. The van der Waals surface area contributed by atoms with E-state index in [4.69, 9.17) is 10.2 Å². The summed E-state index contributed by atoms with van der Waals surface area (Å²) in [5, 5.41) is 21.3. The van der Waals surface area contributed by atoms with Crippen molar-refractivity contribution in [3.63, 3.8) is 0 Å². The number of aromatic hydroxyl groups is 2. The molecular formula is C15H18N2O4. The maximum Gasteiger partial charge on any atom is 0.237 e. The average Bonchev–Trinajstić information content (AvgIpc) is 2.86. The van der Waals surface area contributed by atoms with Crippen molar-refractivity contribution in [1.82, 2.24) is 5.32 Å². The molecule has 1 heterocycles. The Morgan fingerprint density at radius 1 is 1.29 bits per heavy atom. The number of amides is 1. The second kappa shape index (κ2) is 6.32. The number of benzene rings is 1. The molecule has 0 aliphatic carbocycles. The van der Waals surface area contributed by atoms with Crippen molar-refractivity contribution in [1.29, 1.82) is 0 Å². The van der Waals surface area contributed by atoms with E-state index in [9.17, 15) is 15.0 Å². The highest BCUT2D eigenvalue weighted by Crippen LogP contribution is 2.25. The van der Waals surface area contributed by atoms with Gasteiger partial charge in [-0.3, -0.25) is 4.79 Å². The number of furan rings is 1. The number of carbonyl (C=O) groups is 1. The third-order valence-electron chi connectivity index (χ3n) is 3.07. The zero-order chi connectivity index (χ0) is 15.4. The van der Waals surface area contributed by atoms with Gasteiger partial charge in [0.05, 0.1) is 12.6 Å². The van der Waals surface area contributed by atoms with Gasteiger partial charge in [-0.05, 0) is 43.2 Å². The minimum Gasteiger partial charge on any atom is -0.504 e. The molecule has 112 valence electrons. The number of aryl methyl sites for hydroxylation is 1. The summed E-state index contributed by atoms with van der Waals surface area (Å²) in [5.74, 6) is 0.700. The van der Waals surface area contributed by atoms with Crippen LogP contribution >= 0.6 is 0 Å². The highest BCUT2D eigenvalue weighted by atomic mass is 16.3. The van der Waals surface area contributed by atoms with Gasteiger partial charge in [0, 0.05) is 0 Å². The Balaban J connectivity index is 1.88. The monoisotopic (exact) mass is 290 g/mol. The Morgan fingerprint density at radius 2 is 2.05 bits per heavy atom. The van der Waals surface area contributed by atoms with Gasteiger partial charge in [-0.25, -0.2) is 0 Å². The molecule has 21 heavy (non-hydrogen) atoms. The van der Waals surface area contributed by atoms with Gasteiger partial charge in [-0.15, -0.1) is 0 Å². The maximum absolute atomic E-state index is 11.9. The van der Waals surface area contributed by atoms with Crippen molar-refractivity contribution in [2.75, 3.05) is 0 Å². The van der Waals surface area contributed by atoms with Gasteiger partial charge in [0.1, 0.15) is 11.5 Å². The van der Waals surface area contributed by atoms with Gasteiger partial charge in [0.25, 0.3) is 0 Å². The number of hydrogen-bond donors (Lipinski definition) is 4. The summed E-state index contributed by atoms with van der Waals surface area (Å²) in [4.78, 5) is 11.9. The van der Waals surface area contributed by atoms with Gasteiger partial charge in [-0.2, -0.15) is 0 Å². The molecule has 2 aromatic rings. The van der Waals surface area contributed by atoms with Crippen LogP contribution in [0.4, 0.5) is 0 Å². The molecule has 0 radical (unpaired) electrons. The molecule has 0 unspecified atom stereocenters. The van der Waals surface area contributed by atoms with E-state index in [1.807, 2.05) is 13.0 Å². The summed E-state index contributed by atoms with van der Waals surface area (Å²) in [6.45, 7) is 2.11. The van der Waals surface area contributed by atoms with Gasteiger partial charge < -0.3 is 25.7 Å². The molecular weight excluding hydrogens is 272 g/mol. The number of rotatable bonds is 5. The largest absolute Gasteiger partial charge is 0.504 e. The summed E-state index contributed by atoms with van der Waals surface area (Å²) in [5.41, 5.74) is 6.49. The van der Waals surface area contributed by atoms with Crippen LogP contribution in [0.25, 0.3) is 0 Å². The van der Waals surface area contributed by atoms with E-state index in [-0.39, 0.29) is 30.4 Å². The van der Waals surface area contributed by atoms with Crippen molar-refractivity contribution in [3.8, 4) is 11.5 Å². The minimum atomic E-state index is -0.745. The number of phenols is 2. The summed E-state index contributed by atoms with van der Waals surface area (Å²) < 4.78 is 5.34. The molecule has 0 spiro atoms. The maximum atomic E-state index is 11.9. The molecule has 0 fully saturated rings. The zero-order valence-corrected chi connectivity index (χ0v) is 11.7. The van der Waals surface area contributed by atoms with E-state index in [0.29, 0.717) is 11.3 Å². The van der Waals surface area contributed by atoms with Crippen LogP contribution in [0.5, 0.6) is 11.5 Å². The lowest BCUT2D eigenvalue weighted by molar-refractivity contribution is -0.122. The first kappa shape index (κ1) is 14.9. The molecule has 1 amide bonds. The van der Waals surface area contributed by atoms with Crippen LogP contribution < -0.4 is 11.1 Å². The fourth-order valence-electron chi connectivity index (χ4n) is 1.93. The van der Waals surface area contributed by atoms with Crippen molar-refractivity contribution in [3.05, 3.63) is 47.4 Å². The number of nitrogens with two attached hydrogens (primary N) is 1. The van der Waals surface area contributed by atoms with Crippen LogP contribution in [-0.4, -0.2) is 22.2 Å². The first-order valence-corrected chi connectivity index (χ1v) is 6.55. The quantitative estimate of drug-likeness (QED) is 0.618. The first-order valence-electron chi connectivity index (χ1n) is 6.55. The Morgan fingerprint density at radius 3 is 2.67 bits per heavy atom. The van der Waals surface area contributed by atoms with Crippen LogP contribution in [0.15, 0.2) is 34.7 Å². The molecule has 6 heteroatoms. The molecule has 1 aromatic carbocycles. The second-order valence-electron chi connectivity index (χ2n) is 4.86. The number of carbonyl (C=O) groups excluding carboxylic acids is 1. The van der Waals surface area contributed by atoms with Crippen molar-refractivity contribution in [2.45, 2.75) is 25.9 Å². The van der Waals surface area contributed by atoms with Crippen LogP contribution in [0.2, 0.25) is 0 Å². The zero-order valence-electron chi connectivity index (χ0n) is 11.7. The lowest BCUT2D eigenvalue weighted by Crippen LogP contribution is -2.41. The lowest BCUT2D eigenvalue weighted by atomic mass is 10.1. The number of hydrogen-bond acceptors (Lipinski definition) is 5. The molecule has 0 aliphatic heterocycles. The van der Waals surface area contributed by atoms with Gasteiger partial charge in [0.15, 0.2) is 11.5 Å². The van der Waals surface area contributed by atoms with Crippen LogP contribution in [0.1, 0.15) is 17.1 Å². The molecule has 0 aliphatic rings. The smallest absolute Gasteiger partial charge is 0.237 e. The van der Waals surface area contributed by atoms with Gasteiger partial charge in [-0.1, -0.05) is 6.07 Å². The standard InChI is InChI=1S/C15H18N2O4/c1-9-2-4-11(21-9)8-17-15(20)12(16)6-10-3-5-13(18)14(19)7-10/h2-5,7,12,18-19H,6,8,16H2,1H3,(H,17,20)/t12-/m0/s1. The minimum absolute atomic E-state index is 0.204. The molecule has 2 rings (SSSR count). The lowest BCUT2D eigenvalue weighted by Gasteiger charge is -2.12. The van der Waals surface area contributed by atoms with Crippen LogP contribution in [0, 0.1) is 6.92 Å². The topological polar surface area (TPSA) is 109 Å². The highest BCUT2D eigenvalue weighted by molar-refractivity contribution is 5.81. The van der Waals surface area contributed by atoms with E-state index < -0.39 is 6.04 Å². The fourth-order valence-corrected chi connectivity index (χ4v) is 1.93. The predicted molar refractivity (Wildman–Crippen MR) is 76.7 cm³/mol. The van der Waals surface area contributed by atoms with Crippen LogP contribution in [0.3, 0.4) is 0 Å². The number of phenolic OH excluding ortho intramolecular Hbond substituents is 2. The van der Waals surface area contributed by atoms with Crippen molar-refractivity contribution >= 4 is 5.91 Å². The molecule has 0 saturated heterocycles.